The Labute approximate surface area is 224 Å². The molecule has 0 bridgehead atoms. The normalized spacial score (nSPS) is 14.5. The van der Waals surface area contributed by atoms with Crippen LogP contribution in [-0.2, 0) is 24.1 Å². The number of nitrogens with one attached hydrogen (secondary N) is 2. The third kappa shape index (κ3) is 8.44. The Morgan fingerprint density at radius 1 is 0.973 bits per heavy atom. The first kappa shape index (κ1) is 27.4. The van der Waals surface area contributed by atoms with Crippen LogP contribution in [0.1, 0.15) is 43.4 Å². The van der Waals surface area contributed by atoms with Gasteiger partial charge in [-0.25, -0.2) is 0 Å². The quantitative estimate of drug-likeness (QED) is 0.224. The zero-order valence-corrected chi connectivity index (χ0v) is 22.6. The Balaban J connectivity index is 1.19. The van der Waals surface area contributed by atoms with Gasteiger partial charge in [-0.1, -0.05) is 60.7 Å². The molecule has 0 saturated carbocycles. The maximum Gasteiger partial charge on any atom is 0.303 e. The van der Waals surface area contributed by atoms with Gasteiger partial charge < -0.3 is 15.5 Å². The number of hydrogen-bond donors (Lipinski definition) is 4. The first-order chi connectivity index (χ1) is 17.8. The smallest absolute Gasteiger partial charge is 0.303 e. The van der Waals surface area contributed by atoms with E-state index in [2.05, 4.69) is 66.4 Å². The second-order valence-corrected chi connectivity index (χ2v) is 11.7. The highest BCUT2D eigenvalue weighted by Crippen LogP contribution is 2.32. The molecule has 3 aromatic carbocycles. The predicted octanol–water partition coefficient (Wildman–Crippen LogP) is 5.50. The van der Waals surface area contributed by atoms with E-state index >= 15 is 0 Å². The second-order valence-electron chi connectivity index (χ2n) is 10.7. The molecule has 6 heteroatoms. The van der Waals surface area contributed by atoms with Crippen LogP contribution in [0.15, 0.2) is 77.7 Å². The minimum Gasteiger partial charge on any atom is -0.481 e. The number of aliphatic carboxylic acids is 1. The number of hydrogen-bond acceptors (Lipinski definition) is 5. The van der Waals surface area contributed by atoms with Gasteiger partial charge in [0.15, 0.2) is 0 Å². The molecular weight excluding hydrogens is 480 g/mol. The fourth-order valence-corrected chi connectivity index (χ4v) is 5.90. The Morgan fingerprint density at radius 3 is 2.35 bits per heavy atom. The molecule has 1 atom stereocenters. The minimum atomic E-state index is -0.777. The van der Waals surface area contributed by atoms with Crippen molar-refractivity contribution in [1.29, 1.82) is 0 Å². The van der Waals surface area contributed by atoms with Crippen LogP contribution >= 0.6 is 11.9 Å². The molecule has 1 aliphatic rings. The van der Waals surface area contributed by atoms with Gasteiger partial charge in [0.25, 0.3) is 0 Å². The number of carbonyl (C=O) groups is 1. The summed E-state index contributed by atoms with van der Waals surface area (Å²) >= 11 is 1.52. The number of carboxylic acids is 1. The first-order valence-corrected chi connectivity index (χ1v) is 13.9. The van der Waals surface area contributed by atoms with E-state index in [4.69, 9.17) is 5.11 Å². The van der Waals surface area contributed by atoms with Crippen molar-refractivity contribution in [3.8, 4) is 11.1 Å². The Morgan fingerprint density at radius 2 is 1.68 bits per heavy atom. The largest absolute Gasteiger partial charge is 0.481 e. The molecule has 4 rings (SSSR count). The lowest BCUT2D eigenvalue weighted by atomic mass is 9.88. The number of carboxylic acid groups (broad SMARTS) is 1. The van der Waals surface area contributed by atoms with Crippen LogP contribution in [0.5, 0.6) is 0 Å². The summed E-state index contributed by atoms with van der Waals surface area (Å²) in [5.74, 6) is -0.125. The van der Waals surface area contributed by atoms with Crippen LogP contribution in [-0.4, -0.2) is 40.9 Å². The summed E-state index contributed by atoms with van der Waals surface area (Å²) in [5.41, 5.74) is 6.17. The van der Waals surface area contributed by atoms with Crippen LogP contribution in [0.2, 0.25) is 0 Å². The standard InChI is InChI=1S/C31H38N2O3S/c1-31(2,19-23-16-25-6-3-4-7-26(25)17-23)32-20-28(34)21-33-37-29-9-5-8-27(18-29)24-13-10-22(11-14-24)12-15-30(35)36/h3-11,13-14,18,23,28,32-34H,12,15-17,19-21H2,1-2H3,(H,35,36)/t28-/m1/s1. The number of aliphatic hydroxyl groups excluding tert-OH is 1. The SMILES string of the molecule is CC(C)(CC1Cc2ccccc2C1)NC[C@@H](O)CNSc1cccc(-c2ccc(CCC(=O)O)cc2)c1. The van der Waals surface area contributed by atoms with E-state index in [0.717, 1.165) is 40.8 Å². The first-order valence-electron chi connectivity index (χ1n) is 13.1. The highest BCUT2D eigenvalue weighted by Gasteiger charge is 2.28. The van der Waals surface area contributed by atoms with Gasteiger partial charge in [0.05, 0.1) is 6.10 Å². The van der Waals surface area contributed by atoms with Crippen molar-refractivity contribution < 1.29 is 15.0 Å². The van der Waals surface area contributed by atoms with Gasteiger partial charge in [-0.15, -0.1) is 0 Å². The maximum absolute atomic E-state index is 10.8. The van der Waals surface area contributed by atoms with Crippen molar-refractivity contribution in [3.05, 3.63) is 89.5 Å². The molecule has 0 heterocycles. The summed E-state index contributed by atoms with van der Waals surface area (Å²) in [6.45, 7) is 5.50. The summed E-state index contributed by atoms with van der Waals surface area (Å²) in [6, 6.07) is 25.1. The highest BCUT2D eigenvalue weighted by atomic mass is 32.2. The molecule has 1 aliphatic carbocycles. The molecule has 5 nitrogen and oxygen atoms in total. The van der Waals surface area contributed by atoms with E-state index in [-0.39, 0.29) is 12.0 Å². The van der Waals surface area contributed by atoms with Gasteiger partial charge in [-0.2, -0.15) is 0 Å². The molecule has 0 spiro atoms. The molecule has 0 aliphatic heterocycles. The molecule has 3 aromatic rings. The second kappa shape index (κ2) is 12.7. The predicted molar refractivity (Wildman–Crippen MR) is 152 cm³/mol. The van der Waals surface area contributed by atoms with Crippen molar-refractivity contribution in [3.63, 3.8) is 0 Å². The average Bonchev–Trinajstić information content (AvgIpc) is 3.28. The zero-order chi connectivity index (χ0) is 26.3. The van der Waals surface area contributed by atoms with Gasteiger partial charge in [-0.05, 0) is 97.3 Å². The lowest BCUT2D eigenvalue weighted by molar-refractivity contribution is -0.136. The number of β-amino-alcohol motifs (C(OH)–C–C–N with tert-alkyl or cyclic N) is 1. The van der Waals surface area contributed by atoms with Crippen LogP contribution in [0.4, 0.5) is 0 Å². The third-order valence-corrected chi connectivity index (χ3v) is 7.81. The Bertz CT molecular complexity index is 1150. The van der Waals surface area contributed by atoms with E-state index in [1.165, 1.54) is 23.1 Å². The van der Waals surface area contributed by atoms with E-state index in [0.29, 0.717) is 25.4 Å². The molecule has 0 amide bonds. The van der Waals surface area contributed by atoms with Crippen molar-refractivity contribution in [2.45, 2.75) is 62.5 Å². The van der Waals surface area contributed by atoms with E-state index in [1.54, 1.807) is 0 Å². The number of rotatable bonds is 13. The van der Waals surface area contributed by atoms with Gasteiger partial charge in [0.2, 0.25) is 0 Å². The summed E-state index contributed by atoms with van der Waals surface area (Å²) in [4.78, 5) is 11.9. The Hall–Kier alpha value is -2.64. The number of benzene rings is 3. The van der Waals surface area contributed by atoms with Crippen molar-refractivity contribution in [2.24, 2.45) is 5.92 Å². The summed E-state index contributed by atoms with van der Waals surface area (Å²) in [7, 11) is 0. The Kier molecular flexibility index (Phi) is 9.43. The van der Waals surface area contributed by atoms with Crippen LogP contribution < -0.4 is 10.0 Å². The third-order valence-electron chi connectivity index (χ3n) is 7.01. The number of aryl methyl sites for hydroxylation is 1. The summed E-state index contributed by atoms with van der Waals surface area (Å²) < 4.78 is 3.31. The number of aliphatic hydroxyl groups is 1. The van der Waals surface area contributed by atoms with Crippen molar-refractivity contribution in [1.82, 2.24) is 10.0 Å². The van der Waals surface area contributed by atoms with Crippen molar-refractivity contribution >= 4 is 17.9 Å². The lowest BCUT2D eigenvalue weighted by Gasteiger charge is -2.30. The van der Waals surface area contributed by atoms with Gasteiger partial charge in [0, 0.05) is 29.9 Å². The lowest BCUT2D eigenvalue weighted by Crippen LogP contribution is -2.46. The summed E-state index contributed by atoms with van der Waals surface area (Å²) in [5, 5.41) is 23.0. The topological polar surface area (TPSA) is 81.6 Å². The van der Waals surface area contributed by atoms with Gasteiger partial charge >= 0.3 is 5.97 Å². The van der Waals surface area contributed by atoms with Crippen LogP contribution in [0.3, 0.4) is 0 Å². The monoisotopic (exact) mass is 518 g/mol. The van der Waals surface area contributed by atoms with Crippen LogP contribution in [0.25, 0.3) is 11.1 Å². The van der Waals surface area contributed by atoms with Crippen LogP contribution in [0, 0.1) is 5.92 Å². The van der Waals surface area contributed by atoms with E-state index in [9.17, 15) is 9.90 Å². The van der Waals surface area contributed by atoms with E-state index in [1.807, 2.05) is 30.3 Å². The maximum atomic E-state index is 10.8. The summed E-state index contributed by atoms with van der Waals surface area (Å²) in [6.07, 6.45) is 3.59. The van der Waals surface area contributed by atoms with E-state index < -0.39 is 12.1 Å². The minimum absolute atomic E-state index is 0.0294. The molecule has 0 saturated heterocycles. The average molecular weight is 519 g/mol. The number of fused-ring (bicyclic) bond motifs is 1. The molecule has 4 N–H and O–H groups in total. The molecule has 0 aromatic heterocycles. The molecule has 0 unspecified atom stereocenters. The molecule has 196 valence electrons. The van der Waals surface area contributed by atoms with Gasteiger partial charge in [0.1, 0.15) is 0 Å². The molecular formula is C31H38N2O3S. The highest BCUT2D eigenvalue weighted by molar-refractivity contribution is 7.97. The molecule has 37 heavy (non-hydrogen) atoms. The molecule has 0 radical (unpaired) electrons. The van der Waals surface area contributed by atoms with Crippen molar-refractivity contribution in [2.75, 3.05) is 13.1 Å². The molecule has 0 fully saturated rings. The zero-order valence-electron chi connectivity index (χ0n) is 21.7. The fraction of sp³-hybridized carbons (Fsp3) is 0.387. The van der Waals surface area contributed by atoms with Gasteiger partial charge in [-0.3, -0.25) is 9.52 Å². The fourth-order valence-electron chi connectivity index (χ4n) is 5.13.